The third-order valence-corrected chi connectivity index (χ3v) is 5.98. The average molecular weight is 473 g/mol. The van der Waals surface area contributed by atoms with E-state index in [-0.39, 0.29) is 30.8 Å². The summed E-state index contributed by atoms with van der Waals surface area (Å²) in [6.45, 7) is 4.30. The molecule has 3 aromatic rings. The maximum Gasteiger partial charge on any atom is 0.249 e. The normalized spacial score (nSPS) is 16.1. The minimum atomic E-state index is -0.452. The standard InChI is InChI=1S/C23H22Cl2N4O3/c1-14(2)28(13-20-26-27-22(32-20)18-5-3-4-6-19(18)25)23(31)15-11-21(30)29(12-15)17-9-7-16(24)8-10-17/h3-10,14-15H,11-13H2,1-2H3. The number of carbonyl (C=O) groups excluding carboxylic acids is 2. The molecule has 4 rings (SSSR count). The Kier molecular flexibility index (Phi) is 6.48. The van der Waals surface area contributed by atoms with Gasteiger partial charge in [0.25, 0.3) is 0 Å². The fraction of sp³-hybridized carbons (Fsp3) is 0.304. The quantitative estimate of drug-likeness (QED) is 0.512. The predicted octanol–water partition coefficient (Wildman–Crippen LogP) is 4.83. The molecule has 9 heteroatoms. The predicted molar refractivity (Wildman–Crippen MR) is 122 cm³/mol. The summed E-state index contributed by atoms with van der Waals surface area (Å²) in [6, 6.07) is 14.1. The average Bonchev–Trinajstić information content (AvgIpc) is 3.39. The maximum atomic E-state index is 13.3. The van der Waals surface area contributed by atoms with E-state index in [1.165, 1.54) is 0 Å². The summed E-state index contributed by atoms with van der Waals surface area (Å²) in [4.78, 5) is 29.2. The van der Waals surface area contributed by atoms with Crippen molar-refractivity contribution in [1.29, 1.82) is 0 Å². The Balaban J connectivity index is 1.49. The third kappa shape index (κ3) is 4.64. The Morgan fingerprint density at radius 3 is 2.56 bits per heavy atom. The first-order valence-electron chi connectivity index (χ1n) is 10.3. The Labute approximate surface area is 195 Å². The Hall–Kier alpha value is -2.90. The molecule has 1 atom stereocenters. The van der Waals surface area contributed by atoms with Crippen LogP contribution in [0, 0.1) is 5.92 Å². The number of aromatic nitrogens is 2. The van der Waals surface area contributed by atoms with Crippen LogP contribution in [0.25, 0.3) is 11.5 Å². The second-order valence-electron chi connectivity index (χ2n) is 7.92. The molecule has 166 valence electrons. The van der Waals surface area contributed by atoms with Gasteiger partial charge in [0, 0.05) is 29.7 Å². The van der Waals surface area contributed by atoms with E-state index in [9.17, 15) is 9.59 Å². The number of amides is 2. The van der Waals surface area contributed by atoms with E-state index in [1.807, 2.05) is 26.0 Å². The van der Waals surface area contributed by atoms with E-state index in [4.69, 9.17) is 27.6 Å². The molecule has 0 radical (unpaired) electrons. The highest BCUT2D eigenvalue weighted by Crippen LogP contribution is 2.29. The lowest BCUT2D eigenvalue weighted by molar-refractivity contribution is -0.138. The lowest BCUT2D eigenvalue weighted by Crippen LogP contribution is -2.41. The van der Waals surface area contributed by atoms with Crippen molar-refractivity contribution in [2.24, 2.45) is 5.92 Å². The first kappa shape index (κ1) is 22.3. The molecule has 7 nitrogen and oxygen atoms in total. The van der Waals surface area contributed by atoms with E-state index in [1.54, 1.807) is 46.2 Å². The minimum Gasteiger partial charge on any atom is -0.419 e. The van der Waals surface area contributed by atoms with E-state index >= 15 is 0 Å². The van der Waals surface area contributed by atoms with Gasteiger partial charge < -0.3 is 14.2 Å². The van der Waals surface area contributed by atoms with Gasteiger partial charge in [0.05, 0.1) is 23.0 Å². The highest BCUT2D eigenvalue weighted by Gasteiger charge is 2.38. The molecule has 0 bridgehead atoms. The van der Waals surface area contributed by atoms with Crippen LogP contribution in [0.1, 0.15) is 26.2 Å². The Morgan fingerprint density at radius 2 is 1.88 bits per heavy atom. The van der Waals surface area contributed by atoms with Crippen LogP contribution in [-0.4, -0.2) is 39.5 Å². The molecule has 1 unspecified atom stereocenters. The molecule has 1 fully saturated rings. The second kappa shape index (κ2) is 9.30. The van der Waals surface area contributed by atoms with Crippen LogP contribution in [0.3, 0.4) is 0 Å². The van der Waals surface area contributed by atoms with E-state index in [2.05, 4.69) is 10.2 Å². The third-order valence-electron chi connectivity index (χ3n) is 5.40. The molecule has 2 heterocycles. The van der Waals surface area contributed by atoms with Gasteiger partial charge in [-0.05, 0) is 50.2 Å². The van der Waals surface area contributed by atoms with Gasteiger partial charge in [-0.15, -0.1) is 10.2 Å². The molecule has 2 amide bonds. The summed E-state index contributed by atoms with van der Waals surface area (Å²) in [6.07, 6.45) is 0.152. The van der Waals surface area contributed by atoms with Crippen LogP contribution in [0.15, 0.2) is 52.9 Å². The van der Waals surface area contributed by atoms with Gasteiger partial charge in [-0.3, -0.25) is 9.59 Å². The number of carbonyl (C=O) groups is 2. The first-order chi connectivity index (χ1) is 15.3. The molecule has 1 aliphatic rings. The van der Waals surface area contributed by atoms with E-state index in [0.29, 0.717) is 33.9 Å². The lowest BCUT2D eigenvalue weighted by atomic mass is 10.1. The van der Waals surface area contributed by atoms with Crippen LogP contribution in [0.4, 0.5) is 5.69 Å². The van der Waals surface area contributed by atoms with Gasteiger partial charge in [0.15, 0.2) is 0 Å². The molecule has 0 saturated carbocycles. The van der Waals surface area contributed by atoms with Gasteiger partial charge in [-0.2, -0.15) is 0 Å². The van der Waals surface area contributed by atoms with Gasteiger partial charge in [0.1, 0.15) is 0 Å². The van der Waals surface area contributed by atoms with Crippen molar-refractivity contribution in [3.8, 4) is 11.5 Å². The molecular formula is C23H22Cl2N4O3. The topological polar surface area (TPSA) is 79.5 Å². The smallest absolute Gasteiger partial charge is 0.249 e. The molecule has 1 saturated heterocycles. The van der Waals surface area contributed by atoms with Crippen molar-refractivity contribution in [1.82, 2.24) is 15.1 Å². The first-order valence-corrected chi connectivity index (χ1v) is 11.0. The monoisotopic (exact) mass is 472 g/mol. The number of anilines is 1. The van der Waals surface area contributed by atoms with Crippen molar-refractivity contribution >= 4 is 40.7 Å². The van der Waals surface area contributed by atoms with Crippen molar-refractivity contribution in [3.05, 3.63) is 64.5 Å². The summed E-state index contributed by atoms with van der Waals surface area (Å²) < 4.78 is 5.78. The number of nitrogens with zero attached hydrogens (tertiary/aromatic N) is 4. The largest absolute Gasteiger partial charge is 0.419 e. The minimum absolute atomic E-state index is 0.0897. The summed E-state index contributed by atoms with van der Waals surface area (Å²) in [5.74, 6) is -0.0606. The lowest BCUT2D eigenvalue weighted by Gasteiger charge is -2.28. The van der Waals surface area contributed by atoms with Crippen molar-refractivity contribution < 1.29 is 14.0 Å². The fourth-order valence-corrected chi connectivity index (χ4v) is 4.04. The van der Waals surface area contributed by atoms with Crippen molar-refractivity contribution in [2.75, 3.05) is 11.4 Å². The maximum absolute atomic E-state index is 13.3. The van der Waals surface area contributed by atoms with Crippen molar-refractivity contribution in [3.63, 3.8) is 0 Å². The Bertz CT molecular complexity index is 1130. The fourth-order valence-electron chi connectivity index (χ4n) is 3.70. The number of hydrogen-bond acceptors (Lipinski definition) is 5. The zero-order valence-electron chi connectivity index (χ0n) is 17.7. The van der Waals surface area contributed by atoms with Gasteiger partial charge in [-0.25, -0.2) is 0 Å². The summed E-state index contributed by atoms with van der Waals surface area (Å²) >= 11 is 12.2. The summed E-state index contributed by atoms with van der Waals surface area (Å²) in [7, 11) is 0. The second-order valence-corrected chi connectivity index (χ2v) is 8.77. The summed E-state index contributed by atoms with van der Waals surface area (Å²) in [5, 5.41) is 9.26. The molecule has 2 aromatic carbocycles. The molecule has 0 N–H and O–H groups in total. The highest BCUT2D eigenvalue weighted by molar-refractivity contribution is 6.33. The molecule has 0 aliphatic carbocycles. The summed E-state index contributed by atoms with van der Waals surface area (Å²) in [5.41, 5.74) is 1.36. The van der Waals surface area contributed by atoms with Gasteiger partial charge in [0.2, 0.25) is 23.6 Å². The van der Waals surface area contributed by atoms with Crippen LogP contribution in [0.2, 0.25) is 10.0 Å². The van der Waals surface area contributed by atoms with Crippen molar-refractivity contribution in [2.45, 2.75) is 32.9 Å². The van der Waals surface area contributed by atoms with Crippen LogP contribution in [0.5, 0.6) is 0 Å². The molecule has 32 heavy (non-hydrogen) atoms. The van der Waals surface area contributed by atoms with E-state index in [0.717, 1.165) is 5.69 Å². The number of hydrogen-bond donors (Lipinski definition) is 0. The van der Waals surface area contributed by atoms with Crippen LogP contribution in [-0.2, 0) is 16.1 Å². The van der Waals surface area contributed by atoms with Crippen LogP contribution >= 0.6 is 23.2 Å². The van der Waals surface area contributed by atoms with Gasteiger partial charge >= 0.3 is 0 Å². The number of benzene rings is 2. The molecule has 0 spiro atoms. The Morgan fingerprint density at radius 1 is 1.16 bits per heavy atom. The highest BCUT2D eigenvalue weighted by atomic mass is 35.5. The number of rotatable bonds is 6. The van der Waals surface area contributed by atoms with E-state index < -0.39 is 5.92 Å². The zero-order chi connectivity index (χ0) is 22.8. The van der Waals surface area contributed by atoms with Crippen LogP contribution < -0.4 is 4.90 Å². The zero-order valence-corrected chi connectivity index (χ0v) is 19.2. The SMILES string of the molecule is CC(C)N(Cc1nnc(-c2ccccc2Cl)o1)C(=O)C1CC(=O)N(c2ccc(Cl)cc2)C1. The molecular weight excluding hydrogens is 451 g/mol. The molecule has 1 aliphatic heterocycles. The molecule has 1 aromatic heterocycles. The van der Waals surface area contributed by atoms with Gasteiger partial charge in [-0.1, -0.05) is 35.3 Å². The number of halogens is 2.